The van der Waals surface area contributed by atoms with Gasteiger partial charge in [0, 0.05) is 6.54 Å². The Morgan fingerprint density at radius 3 is 2.48 bits per heavy atom. The Bertz CT molecular complexity index is 882. The molecule has 2 amide bonds. The molecule has 0 spiro atoms. The number of rotatable bonds is 8. The number of benzene rings is 2. The molecule has 2 aromatic carbocycles. The fourth-order valence-corrected chi connectivity index (χ4v) is 2.64. The molecule has 2 aromatic rings. The topological polar surface area (TPSA) is 89.0 Å². The van der Waals surface area contributed by atoms with E-state index in [2.05, 4.69) is 15.8 Å². The van der Waals surface area contributed by atoms with Crippen LogP contribution in [0.5, 0.6) is 11.5 Å². The largest absolute Gasteiger partial charge is 0.490 e. The summed E-state index contributed by atoms with van der Waals surface area (Å²) in [4.78, 5) is 22.9. The number of halogens is 1. The van der Waals surface area contributed by atoms with Gasteiger partial charge < -0.3 is 14.8 Å². The Hall–Kier alpha value is -3.06. The van der Waals surface area contributed by atoms with E-state index in [1.165, 1.54) is 11.8 Å². The predicted molar refractivity (Wildman–Crippen MR) is 113 cm³/mol. The second-order valence-corrected chi connectivity index (χ2v) is 6.50. The molecule has 0 fully saturated rings. The van der Waals surface area contributed by atoms with E-state index in [4.69, 9.17) is 21.1 Å². The molecule has 8 heteroatoms. The minimum atomic E-state index is -0.850. The maximum absolute atomic E-state index is 11.5. The third-order valence-corrected chi connectivity index (χ3v) is 4.04. The van der Waals surface area contributed by atoms with E-state index < -0.39 is 11.8 Å². The molecule has 0 radical (unpaired) electrons. The first kappa shape index (κ1) is 22.2. The number of carbonyl (C=O) groups is 2. The van der Waals surface area contributed by atoms with Gasteiger partial charge in [0.15, 0.2) is 11.5 Å². The third kappa shape index (κ3) is 6.80. The molecule has 0 aromatic heterocycles. The Morgan fingerprint density at radius 2 is 1.83 bits per heavy atom. The summed E-state index contributed by atoms with van der Waals surface area (Å²) in [5.74, 6) is -0.712. The third-order valence-electron chi connectivity index (χ3n) is 3.76. The van der Waals surface area contributed by atoms with Crippen LogP contribution in [-0.2, 0) is 16.2 Å². The van der Waals surface area contributed by atoms with Gasteiger partial charge >= 0.3 is 11.8 Å². The highest BCUT2D eigenvalue weighted by atomic mass is 35.5. The maximum atomic E-state index is 11.5. The fourth-order valence-electron chi connectivity index (χ4n) is 2.36. The van der Waals surface area contributed by atoms with Crippen molar-refractivity contribution < 1.29 is 19.1 Å². The van der Waals surface area contributed by atoms with E-state index >= 15 is 0 Å². The number of aryl methyl sites for hydroxylation is 1. The lowest BCUT2D eigenvalue weighted by atomic mass is 10.1. The first-order valence-corrected chi connectivity index (χ1v) is 9.58. The molecule has 0 atom stereocenters. The lowest BCUT2D eigenvalue weighted by molar-refractivity contribution is -0.139. The van der Waals surface area contributed by atoms with Gasteiger partial charge in [0.2, 0.25) is 0 Å². The molecule has 0 aliphatic heterocycles. The standard InChI is InChI=1S/C21H24ClN3O4/c1-4-23-20(26)21(27)25-24-12-16-10-17(22)19(18(11-16)28-5-2)29-13-15-8-6-14(3)7-9-15/h6-12H,4-5,13H2,1-3H3,(H,23,26)(H,25,27)/b24-12-. The Kier molecular flexibility index (Phi) is 8.48. The lowest BCUT2D eigenvalue weighted by Crippen LogP contribution is -2.37. The van der Waals surface area contributed by atoms with Crippen molar-refractivity contribution in [1.29, 1.82) is 0 Å². The van der Waals surface area contributed by atoms with Crippen molar-refractivity contribution in [3.05, 3.63) is 58.1 Å². The van der Waals surface area contributed by atoms with E-state index in [0.29, 0.717) is 41.8 Å². The predicted octanol–water partition coefficient (Wildman–Crippen LogP) is 3.21. The van der Waals surface area contributed by atoms with Crippen molar-refractivity contribution in [2.75, 3.05) is 13.2 Å². The summed E-state index contributed by atoms with van der Waals surface area (Å²) in [6.07, 6.45) is 1.37. The number of hydrogen-bond acceptors (Lipinski definition) is 5. The van der Waals surface area contributed by atoms with Gasteiger partial charge in [0.1, 0.15) is 6.61 Å². The number of carbonyl (C=O) groups excluding carboxylic acids is 2. The second-order valence-electron chi connectivity index (χ2n) is 6.10. The number of likely N-dealkylation sites (N-methyl/N-ethyl adjacent to an activating group) is 1. The van der Waals surface area contributed by atoms with E-state index in [0.717, 1.165) is 5.56 Å². The van der Waals surface area contributed by atoms with Gasteiger partial charge in [-0.3, -0.25) is 9.59 Å². The molecular weight excluding hydrogens is 394 g/mol. The number of nitrogens with one attached hydrogen (secondary N) is 2. The smallest absolute Gasteiger partial charge is 0.329 e. The van der Waals surface area contributed by atoms with E-state index in [1.54, 1.807) is 19.1 Å². The van der Waals surface area contributed by atoms with Crippen LogP contribution in [-0.4, -0.2) is 31.2 Å². The van der Waals surface area contributed by atoms with Crippen LogP contribution in [0.4, 0.5) is 0 Å². The minimum Gasteiger partial charge on any atom is -0.490 e. The highest BCUT2D eigenvalue weighted by Crippen LogP contribution is 2.37. The van der Waals surface area contributed by atoms with Crippen molar-refractivity contribution in [3.8, 4) is 11.5 Å². The normalized spacial score (nSPS) is 10.6. The summed E-state index contributed by atoms with van der Waals surface area (Å²) in [7, 11) is 0. The maximum Gasteiger partial charge on any atom is 0.329 e. The zero-order valence-corrected chi connectivity index (χ0v) is 17.4. The average molecular weight is 418 g/mol. The average Bonchev–Trinajstić information content (AvgIpc) is 2.69. The Balaban J connectivity index is 2.11. The number of hydrazone groups is 1. The van der Waals surface area contributed by atoms with Crippen LogP contribution in [0.1, 0.15) is 30.5 Å². The number of amides is 2. The second kappa shape index (κ2) is 11.1. The minimum absolute atomic E-state index is 0.343. The van der Waals surface area contributed by atoms with Crippen LogP contribution in [0.3, 0.4) is 0 Å². The summed E-state index contributed by atoms with van der Waals surface area (Å²) >= 11 is 6.38. The van der Waals surface area contributed by atoms with Crippen molar-refractivity contribution >= 4 is 29.6 Å². The fraction of sp³-hybridized carbons (Fsp3) is 0.286. The first-order valence-electron chi connectivity index (χ1n) is 9.20. The van der Waals surface area contributed by atoms with Gasteiger partial charge in [-0.25, -0.2) is 5.43 Å². The molecule has 29 heavy (non-hydrogen) atoms. The highest BCUT2D eigenvalue weighted by Gasteiger charge is 2.13. The molecule has 0 aliphatic rings. The zero-order chi connectivity index (χ0) is 21.2. The summed E-state index contributed by atoms with van der Waals surface area (Å²) in [6.45, 7) is 6.71. The Morgan fingerprint density at radius 1 is 1.10 bits per heavy atom. The summed E-state index contributed by atoms with van der Waals surface area (Å²) < 4.78 is 11.5. The van der Waals surface area contributed by atoms with Gasteiger partial charge in [-0.15, -0.1) is 0 Å². The Labute approximate surface area is 175 Å². The van der Waals surface area contributed by atoms with E-state index in [-0.39, 0.29) is 0 Å². The van der Waals surface area contributed by atoms with Crippen molar-refractivity contribution in [1.82, 2.24) is 10.7 Å². The van der Waals surface area contributed by atoms with E-state index in [1.807, 2.05) is 38.1 Å². The monoisotopic (exact) mass is 417 g/mol. The first-order chi connectivity index (χ1) is 13.9. The summed E-state index contributed by atoms with van der Waals surface area (Å²) in [5, 5.41) is 6.51. The molecular formula is C21H24ClN3O4. The molecule has 0 unspecified atom stereocenters. The SMILES string of the molecule is CCNC(=O)C(=O)N/N=C\c1cc(Cl)c(OCc2ccc(C)cc2)c(OCC)c1. The molecule has 0 bridgehead atoms. The van der Waals surface area contributed by atoms with Crippen LogP contribution in [0.15, 0.2) is 41.5 Å². The molecule has 7 nitrogen and oxygen atoms in total. The number of hydrogen-bond donors (Lipinski definition) is 2. The van der Waals surface area contributed by atoms with Crippen molar-refractivity contribution in [2.45, 2.75) is 27.4 Å². The highest BCUT2D eigenvalue weighted by molar-refractivity contribution is 6.35. The molecule has 0 heterocycles. The lowest BCUT2D eigenvalue weighted by Gasteiger charge is -2.14. The molecule has 154 valence electrons. The number of nitrogens with zero attached hydrogens (tertiary/aromatic N) is 1. The van der Waals surface area contributed by atoms with Crippen LogP contribution in [0.25, 0.3) is 0 Å². The van der Waals surface area contributed by atoms with Crippen molar-refractivity contribution in [3.63, 3.8) is 0 Å². The van der Waals surface area contributed by atoms with Gasteiger partial charge in [-0.2, -0.15) is 5.10 Å². The van der Waals surface area contributed by atoms with E-state index in [9.17, 15) is 9.59 Å². The number of ether oxygens (including phenoxy) is 2. The van der Waals surface area contributed by atoms with Crippen LogP contribution in [0.2, 0.25) is 5.02 Å². The van der Waals surface area contributed by atoms with Crippen LogP contribution >= 0.6 is 11.6 Å². The quantitative estimate of drug-likeness (QED) is 0.392. The van der Waals surface area contributed by atoms with Gasteiger partial charge in [-0.1, -0.05) is 41.4 Å². The molecule has 2 rings (SSSR count). The molecule has 0 saturated heterocycles. The van der Waals surface area contributed by atoms with Gasteiger partial charge in [0.05, 0.1) is 17.8 Å². The summed E-state index contributed by atoms with van der Waals surface area (Å²) in [5.41, 5.74) is 4.91. The van der Waals surface area contributed by atoms with Gasteiger partial charge in [0.25, 0.3) is 0 Å². The van der Waals surface area contributed by atoms with Crippen LogP contribution < -0.4 is 20.2 Å². The van der Waals surface area contributed by atoms with Crippen LogP contribution in [0, 0.1) is 6.92 Å². The van der Waals surface area contributed by atoms with Crippen molar-refractivity contribution in [2.24, 2.45) is 5.10 Å². The zero-order valence-electron chi connectivity index (χ0n) is 16.6. The van der Waals surface area contributed by atoms with Gasteiger partial charge in [-0.05, 0) is 44.0 Å². The summed E-state index contributed by atoms with van der Waals surface area (Å²) in [6, 6.07) is 11.3. The molecule has 0 aliphatic carbocycles. The molecule has 0 saturated carbocycles. The molecule has 2 N–H and O–H groups in total.